The number of nitrogens with one attached hydrogen (secondary N) is 1. The molecule has 0 saturated heterocycles. The number of aryl methyl sites for hydroxylation is 1. The fourth-order valence-electron chi connectivity index (χ4n) is 1.06. The van der Waals surface area contributed by atoms with E-state index < -0.39 is 0 Å². The van der Waals surface area contributed by atoms with Gasteiger partial charge in [-0.2, -0.15) is 0 Å². The highest BCUT2D eigenvalue weighted by Gasteiger charge is 2.00. The van der Waals surface area contributed by atoms with E-state index in [9.17, 15) is 4.79 Å². The molecule has 0 atom stereocenters. The Hall–Kier alpha value is -0.540. The number of hydrogen-bond acceptors (Lipinski definition) is 1. The van der Waals surface area contributed by atoms with E-state index >= 15 is 0 Å². The Bertz CT molecular complexity index is 341. The van der Waals surface area contributed by atoms with Crippen molar-refractivity contribution in [2.24, 2.45) is 0 Å². The summed E-state index contributed by atoms with van der Waals surface area (Å²) < 4.78 is 0. The third-order valence-electron chi connectivity index (χ3n) is 1.83. The number of carbonyl (C=O) groups is 1. The zero-order chi connectivity index (χ0) is 10.6. The molecule has 0 aromatic heterocycles. The minimum atomic E-state index is -0.0161. The quantitative estimate of drug-likeness (QED) is 0.845. The summed E-state index contributed by atoms with van der Waals surface area (Å²) in [5, 5.41) is 3.85. The lowest BCUT2D eigenvalue weighted by atomic mass is 10.1. The van der Waals surface area contributed by atoms with Gasteiger partial charge in [0, 0.05) is 11.6 Å². The Morgan fingerprint density at radius 2 is 2.29 bits per heavy atom. The van der Waals surface area contributed by atoms with E-state index in [1.54, 1.807) is 0 Å². The van der Waals surface area contributed by atoms with E-state index in [-0.39, 0.29) is 5.91 Å². The molecule has 1 aromatic rings. The lowest BCUT2D eigenvalue weighted by Crippen LogP contribution is -2.23. The number of alkyl halides is 1. The van der Waals surface area contributed by atoms with Crippen LogP contribution in [0.3, 0.4) is 0 Å². The molecule has 1 N–H and O–H groups in total. The maximum absolute atomic E-state index is 11.0. The van der Waals surface area contributed by atoms with Crippen LogP contribution in [0.25, 0.3) is 0 Å². The molecule has 1 rings (SSSR count). The van der Waals surface area contributed by atoms with Crippen LogP contribution in [0.2, 0.25) is 5.02 Å². The number of amides is 1. The van der Waals surface area contributed by atoms with E-state index in [1.165, 1.54) is 0 Å². The molecule has 0 spiro atoms. The lowest BCUT2D eigenvalue weighted by molar-refractivity contribution is -0.118. The van der Waals surface area contributed by atoms with Crippen molar-refractivity contribution >= 4 is 33.4 Å². The van der Waals surface area contributed by atoms with Gasteiger partial charge in [-0.1, -0.05) is 39.7 Å². The zero-order valence-electron chi connectivity index (χ0n) is 7.81. The zero-order valence-corrected chi connectivity index (χ0v) is 10.2. The fourth-order valence-corrected chi connectivity index (χ4v) is 1.38. The van der Waals surface area contributed by atoms with Gasteiger partial charge in [-0.25, -0.2) is 0 Å². The van der Waals surface area contributed by atoms with E-state index in [4.69, 9.17) is 11.6 Å². The molecule has 0 fully saturated rings. The van der Waals surface area contributed by atoms with Gasteiger partial charge in [0.05, 0.1) is 5.33 Å². The Morgan fingerprint density at radius 1 is 1.57 bits per heavy atom. The Morgan fingerprint density at radius 3 is 2.86 bits per heavy atom. The highest BCUT2D eigenvalue weighted by atomic mass is 79.9. The second-order valence-electron chi connectivity index (χ2n) is 2.99. The van der Waals surface area contributed by atoms with Crippen molar-refractivity contribution in [2.45, 2.75) is 13.5 Å². The summed E-state index contributed by atoms with van der Waals surface area (Å²) in [7, 11) is 0. The van der Waals surface area contributed by atoms with Crippen LogP contribution in [0, 0.1) is 6.92 Å². The number of carbonyl (C=O) groups excluding carboxylic acids is 1. The predicted octanol–water partition coefficient (Wildman–Crippen LogP) is 2.66. The molecule has 0 unspecified atom stereocenters. The summed E-state index contributed by atoms with van der Waals surface area (Å²) in [5.41, 5.74) is 2.08. The standard InChI is InChI=1S/C10H11BrClNO/c1-7-4-8(2-3-9(7)12)6-13-10(14)5-11/h2-4H,5-6H2,1H3,(H,13,14). The van der Waals surface area contributed by atoms with Crippen LogP contribution in [0.5, 0.6) is 0 Å². The van der Waals surface area contributed by atoms with Gasteiger partial charge in [0.25, 0.3) is 0 Å². The minimum Gasteiger partial charge on any atom is -0.351 e. The molecular formula is C10H11BrClNO. The van der Waals surface area contributed by atoms with Crippen molar-refractivity contribution in [3.63, 3.8) is 0 Å². The first kappa shape index (κ1) is 11.5. The molecule has 76 valence electrons. The van der Waals surface area contributed by atoms with Gasteiger partial charge in [0.1, 0.15) is 0 Å². The molecule has 0 aliphatic rings. The van der Waals surface area contributed by atoms with E-state index in [2.05, 4.69) is 21.2 Å². The van der Waals surface area contributed by atoms with E-state index in [0.717, 1.165) is 16.1 Å². The minimum absolute atomic E-state index is 0.0161. The molecule has 0 aliphatic heterocycles. The normalized spacial score (nSPS) is 9.93. The van der Waals surface area contributed by atoms with Crippen molar-refractivity contribution in [3.8, 4) is 0 Å². The molecule has 0 aliphatic carbocycles. The number of halogens is 2. The van der Waals surface area contributed by atoms with Crippen LogP contribution in [-0.4, -0.2) is 11.2 Å². The summed E-state index contributed by atoms with van der Waals surface area (Å²) in [6.07, 6.45) is 0. The molecular weight excluding hydrogens is 265 g/mol. The average Bonchev–Trinajstić information content (AvgIpc) is 2.19. The summed E-state index contributed by atoms with van der Waals surface area (Å²) in [4.78, 5) is 11.0. The van der Waals surface area contributed by atoms with Crippen molar-refractivity contribution in [1.82, 2.24) is 5.32 Å². The molecule has 4 heteroatoms. The average molecular weight is 277 g/mol. The van der Waals surface area contributed by atoms with E-state index in [1.807, 2.05) is 25.1 Å². The van der Waals surface area contributed by atoms with Gasteiger partial charge >= 0.3 is 0 Å². The Balaban J connectivity index is 2.60. The predicted molar refractivity (Wildman–Crippen MR) is 61.8 cm³/mol. The molecule has 0 bridgehead atoms. The van der Waals surface area contributed by atoms with Crippen molar-refractivity contribution < 1.29 is 4.79 Å². The molecule has 1 amide bonds. The van der Waals surface area contributed by atoms with Crippen molar-refractivity contribution in [3.05, 3.63) is 34.3 Å². The summed E-state index contributed by atoms with van der Waals surface area (Å²) in [6.45, 7) is 2.49. The summed E-state index contributed by atoms with van der Waals surface area (Å²) in [5.74, 6) is -0.0161. The summed E-state index contributed by atoms with van der Waals surface area (Å²) in [6, 6.07) is 5.72. The first-order valence-electron chi connectivity index (χ1n) is 4.21. The monoisotopic (exact) mass is 275 g/mol. The molecule has 0 radical (unpaired) electrons. The van der Waals surface area contributed by atoms with Crippen LogP contribution in [-0.2, 0) is 11.3 Å². The van der Waals surface area contributed by atoms with Crippen LogP contribution in [0.1, 0.15) is 11.1 Å². The molecule has 2 nitrogen and oxygen atoms in total. The highest BCUT2D eigenvalue weighted by molar-refractivity contribution is 9.09. The largest absolute Gasteiger partial charge is 0.351 e. The second kappa shape index (κ2) is 5.37. The molecule has 14 heavy (non-hydrogen) atoms. The van der Waals surface area contributed by atoms with Gasteiger partial charge in [-0.05, 0) is 24.1 Å². The van der Waals surface area contributed by atoms with Gasteiger partial charge in [0.15, 0.2) is 0 Å². The fraction of sp³-hybridized carbons (Fsp3) is 0.300. The Labute approximate surface area is 96.8 Å². The number of rotatable bonds is 3. The maximum atomic E-state index is 11.0. The highest BCUT2D eigenvalue weighted by Crippen LogP contribution is 2.15. The Kier molecular flexibility index (Phi) is 4.42. The third kappa shape index (κ3) is 3.31. The first-order chi connectivity index (χ1) is 6.63. The smallest absolute Gasteiger partial charge is 0.230 e. The number of benzene rings is 1. The van der Waals surface area contributed by atoms with E-state index in [0.29, 0.717) is 11.9 Å². The SMILES string of the molecule is Cc1cc(CNC(=O)CBr)ccc1Cl. The second-order valence-corrected chi connectivity index (χ2v) is 3.96. The van der Waals surface area contributed by atoms with Crippen LogP contribution >= 0.6 is 27.5 Å². The van der Waals surface area contributed by atoms with Crippen LogP contribution in [0.4, 0.5) is 0 Å². The molecule has 0 saturated carbocycles. The third-order valence-corrected chi connectivity index (χ3v) is 2.77. The van der Waals surface area contributed by atoms with Crippen molar-refractivity contribution in [2.75, 3.05) is 5.33 Å². The summed E-state index contributed by atoms with van der Waals surface area (Å²) >= 11 is 8.96. The number of hydrogen-bond donors (Lipinski definition) is 1. The van der Waals surface area contributed by atoms with Crippen molar-refractivity contribution in [1.29, 1.82) is 0 Å². The van der Waals surface area contributed by atoms with Gasteiger partial charge in [-0.15, -0.1) is 0 Å². The van der Waals surface area contributed by atoms with Crippen LogP contribution in [0.15, 0.2) is 18.2 Å². The first-order valence-corrected chi connectivity index (χ1v) is 5.71. The lowest BCUT2D eigenvalue weighted by Gasteiger charge is -2.05. The van der Waals surface area contributed by atoms with Gasteiger partial charge < -0.3 is 5.32 Å². The molecule has 1 aromatic carbocycles. The van der Waals surface area contributed by atoms with Gasteiger partial charge in [-0.3, -0.25) is 4.79 Å². The maximum Gasteiger partial charge on any atom is 0.230 e. The van der Waals surface area contributed by atoms with Crippen LogP contribution < -0.4 is 5.32 Å². The van der Waals surface area contributed by atoms with Gasteiger partial charge in [0.2, 0.25) is 5.91 Å². The topological polar surface area (TPSA) is 29.1 Å². The molecule has 0 heterocycles.